The van der Waals surface area contributed by atoms with Crippen molar-refractivity contribution in [3.8, 4) is 11.5 Å². The molecule has 0 amide bonds. The molecule has 58 heavy (non-hydrogen) atoms. The van der Waals surface area contributed by atoms with E-state index in [1.165, 1.54) is 17.4 Å². The fourth-order valence-electron chi connectivity index (χ4n) is 5.26. The summed E-state index contributed by atoms with van der Waals surface area (Å²) in [6.07, 6.45) is 2.62. The minimum absolute atomic E-state index is 0. The Labute approximate surface area is 368 Å². The van der Waals surface area contributed by atoms with Crippen LogP contribution in [0.1, 0.15) is 72.4 Å². The van der Waals surface area contributed by atoms with E-state index in [-0.39, 0.29) is 37.2 Å². The average molecular weight is 843 g/mol. The van der Waals surface area contributed by atoms with Gasteiger partial charge in [0.25, 0.3) is 0 Å². The first kappa shape index (κ1) is 50.6. The molecule has 0 spiro atoms. The van der Waals surface area contributed by atoms with E-state index in [0.29, 0.717) is 18.7 Å². The van der Waals surface area contributed by atoms with Crippen molar-refractivity contribution in [1.29, 1.82) is 0 Å². The van der Waals surface area contributed by atoms with Crippen LogP contribution in [0.4, 0.5) is 0 Å². The van der Waals surface area contributed by atoms with Crippen molar-refractivity contribution in [2.75, 3.05) is 0 Å². The smallest absolute Gasteiger partial charge is 0.488 e. The zero-order valence-corrected chi connectivity index (χ0v) is 37.0. The van der Waals surface area contributed by atoms with E-state index in [9.17, 15) is 10.0 Å². The first-order valence-corrected chi connectivity index (χ1v) is 20.4. The molecule has 302 valence electrons. The van der Waals surface area contributed by atoms with Gasteiger partial charge in [-0.2, -0.15) is 6.42 Å². The molecule has 0 aliphatic heterocycles. The Bertz CT molecular complexity index is 1970. The summed E-state index contributed by atoms with van der Waals surface area (Å²) in [5.41, 5.74) is 2.75. The van der Waals surface area contributed by atoms with Crippen LogP contribution in [0, 0.1) is 6.92 Å². The second kappa shape index (κ2) is 28.0. The molecule has 0 heterocycles. The Hall–Kier alpha value is -3.55. The quantitative estimate of drug-likeness (QED) is 0.0847. The van der Waals surface area contributed by atoms with E-state index >= 15 is 0 Å². The molecule has 0 saturated carbocycles. The molecular formula is C47H58B2BrLiO7. The molecule has 7 nitrogen and oxygen atoms in total. The first-order chi connectivity index (χ1) is 27.4. The van der Waals surface area contributed by atoms with Crippen LogP contribution in [0.2, 0.25) is 0 Å². The van der Waals surface area contributed by atoms with Gasteiger partial charge in [0.1, 0.15) is 24.7 Å². The number of benzene rings is 6. The normalized spacial score (nSPS) is 10.4. The number of halogens is 1. The fourth-order valence-corrected chi connectivity index (χ4v) is 5.76. The average Bonchev–Trinajstić information content (AvgIpc) is 3.20. The van der Waals surface area contributed by atoms with Crippen LogP contribution in [0.3, 0.4) is 0 Å². The molecule has 0 fully saturated rings. The molecule has 0 aliphatic carbocycles. The molecule has 6 aromatic rings. The molecule has 0 radical (unpaired) electrons. The van der Waals surface area contributed by atoms with Crippen molar-refractivity contribution in [1.82, 2.24) is 0 Å². The summed E-state index contributed by atoms with van der Waals surface area (Å²) in [6.45, 7) is 18.5. The van der Waals surface area contributed by atoms with E-state index in [4.69, 9.17) is 23.4 Å². The zero-order chi connectivity index (χ0) is 41.6. The zero-order valence-electron chi connectivity index (χ0n) is 35.4. The van der Waals surface area contributed by atoms with Crippen molar-refractivity contribution in [2.45, 2.75) is 92.8 Å². The largest absolute Gasteiger partial charge is 1.00 e. The number of hydrogen-bond acceptors (Lipinski definition) is 7. The molecule has 0 atom stereocenters. The monoisotopic (exact) mass is 842 g/mol. The summed E-state index contributed by atoms with van der Waals surface area (Å²) < 4.78 is 29.2. The summed E-state index contributed by atoms with van der Waals surface area (Å²) >= 11 is 3.57. The van der Waals surface area contributed by atoms with Crippen LogP contribution in [-0.4, -0.2) is 42.8 Å². The second-order valence-corrected chi connectivity index (χ2v) is 14.8. The van der Waals surface area contributed by atoms with Crippen molar-refractivity contribution in [3.63, 3.8) is 0 Å². The van der Waals surface area contributed by atoms with E-state index in [0.717, 1.165) is 44.1 Å². The summed E-state index contributed by atoms with van der Waals surface area (Å²) in [6, 6.07) is 43.4. The predicted octanol–water partition coefficient (Wildman–Crippen LogP) is 8.15. The maximum absolute atomic E-state index is 9.44. The van der Waals surface area contributed by atoms with Gasteiger partial charge in [0.05, 0.1) is 0 Å². The molecule has 0 aromatic heterocycles. The molecule has 2 N–H and O–H groups in total. The minimum Gasteiger partial charge on any atom is -0.488 e. The molecule has 0 aliphatic rings. The van der Waals surface area contributed by atoms with Crippen LogP contribution in [0.5, 0.6) is 11.5 Å². The summed E-state index contributed by atoms with van der Waals surface area (Å²) in [7, 11) is -2.03. The van der Waals surface area contributed by atoms with E-state index in [2.05, 4.69) is 54.0 Å². The Kier molecular flexibility index (Phi) is 24.4. The van der Waals surface area contributed by atoms with Crippen molar-refractivity contribution in [2.24, 2.45) is 0 Å². The molecule has 0 unspecified atom stereocenters. The molecule has 0 bridgehead atoms. The third kappa shape index (κ3) is 18.2. The van der Waals surface area contributed by atoms with E-state index in [1.807, 2.05) is 139 Å². The Morgan fingerprint density at radius 1 is 0.534 bits per heavy atom. The van der Waals surface area contributed by atoms with Gasteiger partial charge in [-0.05, 0) is 87.1 Å². The van der Waals surface area contributed by atoms with Gasteiger partial charge in [0, 0.05) is 33.6 Å². The molecular weight excluding hydrogens is 785 g/mol. The number of rotatable bonds is 14. The molecule has 11 heteroatoms. The number of unbranched alkanes of at least 4 members (excludes halogenated alkanes) is 1. The van der Waals surface area contributed by atoms with Crippen molar-refractivity contribution in [3.05, 3.63) is 156 Å². The van der Waals surface area contributed by atoms with Crippen LogP contribution in [0.15, 0.2) is 138 Å². The van der Waals surface area contributed by atoms with E-state index in [1.54, 1.807) is 12.1 Å². The van der Waals surface area contributed by atoms with Gasteiger partial charge in [-0.3, -0.25) is 0 Å². The van der Waals surface area contributed by atoms with Gasteiger partial charge in [0.2, 0.25) is 0 Å². The second-order valence-electron chi connectivity index (χ2n) is 13.9. The first-order valence-electron chi connectivity index (χ1n) is 19.6. The number of fused-ring (bicyclic) bond motifs is 2. The molecule has 0 saturated heterocycles. The minimum atomic E-state index is -1.49. The summed E-state index contributed by atoms with van der Waals surface area (Å²) in [5.74, 6) is 1.65. The predicted molar refractivity (Wildman–Crippen MR) is 242 cm³/mol. The Morgan fingerprint density at radius 3 is 1.33 bits per heavy atom. The third-order valence-electron chi connectivity index (χ3n) is 8.00. The number of ether oxygens (including phenoxy) is 2. The standard InChI is InChI=1S/C17H15BO3.C17H13BrO.C9H21BO3.C4H9.Li/c19-18(20)16-10-4-9-15-14(16)8-5-11-17(15)21-12-13-6-2-1-3-7-13;18-16-10-4-9-15-14(16)8-5-11-17(15)19-12-13-6-2-1-3-7-13;1-7(2)11-10(12-8(3)4)13-9(5)6;1-3-4-2;/h1-11,19-20H,12H2;1-11H,12H2;7-9H,1-6H3;1,3-4H2,2H3;/q;;;-1;+1. The molecule has 6 aromatic carbocycles. The van der Waals surface area contributed by atoms with Crippen LogP contribution in [-0.2, 0) is 27.2 Å². The van der Waals surface area contributed by atoms with Crippen LogP contribution >= 0.6 is 15.9 Å². The summed E-state index contributed by atoms with van der Waals surface area (Å²) in [4.78, 5) is 0. The van der Waals surface area contributed by atoms with Gasteiger partial charge in [-0.15, -0.1) is 0 Å². The Balaban J connectivity index is 0.000000292. The van der Waals surface area contributed by atoms with Gasteiger partial charge < -0.3 is 40.4 Å². The maximum atomic E-state index is 9.44. The van der Waals surface area contributed by atoms with E-state index < -0.39 is 14.4 Å². The van der Waals surface area contributed by atoms with Gasteiger partial charge in [-0.1, -0.05) is 145 Å². The van der Waals surface area contributed by atoms with Crippen molar-refractivity contribution < 1.29 is 52.3 Å². The number of hydrogen-bond donors (Lipinski definition) is 2. The Morgan fingerprint density at radius 2 is 0.914 bits per heavy atom. The maximum Gasteiger partial charge on any atom is 1.00 e. The van der Waals surface area contributed by atoms with Gasteiger partial charge in [0.15, 0.2) is 0 Å². The van der Waals surface area contributed by atoms with Gasteiger partial charge in [-0.25, -0.2) is 0 Å². The van der Waals surface area contributed by atoms with Crippen molar-refractivity contribution >= 4 is 57.4 Å². The van der Waals surface area contributed by atoms with Gasteiger partial charge >= 0.3 is 33.3 Å². The third-order valence-corrected chi connectivity index (χ3v) is 8.69. The van der Waals surface area contributed by atoms with Crippen LogP contribution < -0.4 is 33.8 Å². The summed E-state index contributed by atoms with van der Waals surface area (Å²) in [5, 5.41) is 22.8. The molecule has 6 rings (SSSR count). The SMILES string of the molecule is Brc1cccc2c(OCc3ccccc3)cccc12.CC(C)OB(OC(C)C)OC(C)C.OB(O)c1cccc2c(OCc3ccccc3)cccc12.[CH2-]CCC.[Li+]. The van der Waals surface area contributed by atoms with Crippen LogP contribution in [0.25, 0.3) is 21.5 Å². The topological polar surface area (TPSA) is 86.6 Å². The fraction of sp³-hybridized carbons (Fsp3) is 0.298.